The number of aryl methyl sites for hydroxylation is 1. The van der Waals surface area contributed by atoms with Crippen molar-refractivity contribution >= 4 is 20.9 Å². The summed E-state index contributed by atoms with van der Waals surface area (Å²) in [7, 11) is -3.50. The molecule has 0 radical (unpaired) electrons. The molecule has 1 heterocycles. The van der Waals surface area contributed by atoms with E-state index in [1.165, 1.54) is 19.3 Å². The minimum absolute atomic E-state index is 0.296. The first kappa shape index (κ1) is 22.1. The average Bonchev–Trinajstić information content (AvgIpc) is 3.09. The number of sulfonamides is 1. The lowest BCUT2D eigenvalue weighted by Gasteiger charge is -2.06. The Bertz CT molecular complexity index is 1130. The molecule has 0 aliphatic heterocycles. The SMILES string of the molecule is CCCCCCC#Cn1cc(CCNS(=O)(=O)c2ccc(C)cc2)c2ccccc21. The molecule has 4 nitrogen and oxygen atoms in total. The first-order chi connectivity index (χ1) is 14.5. The molecule has 0 aliphatic carbocycles. The van der Waals surface area contributed by atoms with Gasteiger partial charge in [0.2, 0.25) is 10.0 Å². The van der Waals surface area contributed by atoms with Gasteiger partial charge in [0.15, 0.2) is 0 Å². The van der Waals surface area contributed by atoms with Crippen LogP contribution in [0.5, 0.6) is 0 Å². The zero-order valence-electron chi connectivity index (χ0n) is 17.8. The second-order valence-electron chi connectivity index (χ2n) is 7.60. The van der Waals surface area contributed by atoms with Crippen molar-refractivity contribution < 1.29 is 8.42 Å². The van der Waals surface area contributed by atoms with Gasteiger partial charge in [0, 0.05) is 30.6 Å². The van der Waals surface area contributed by atoms with Crippen molar-refractivity contribution in [2.75, 3.05) is 6.54 Å². The molecule has 2 aromatic carbocycles. The van der Waals surface area contributed by atoms with E-state index in [1.807, 2.05) is 42.0 Å². The molecule has 0 amide bonds. The van der Waals surface area contributed by atoms with E-state index in [9.17, 15) is 8.42 Å². The van der Waals surface area contributed by atoms with Crippen LogP contribution < -0.4 is 4.72 Å². The molecule has 3 aromatic rings. The zero-order valence-corrected chi connectivity index (χ0v) is 18.6. The molecular weight excluding hydrogens is 392 g/mol. The van der Waals surface area contributed by atoms with Gasteiger partial charge in [-0.15, -0.1) is 0 Å². The fourth-order valence-electron chi connectivity index (χ4n) is 3.44. The van der Waals surface area contributed by atoms with Crippen molar-refractivity contribution in [3.8, 4) is 12.0 Å². The summed E-state index contributed by atoms with van der Waals surface area (Å²) in [5.74, 6) is 3.27. The van der Waals surface area contributed by atoms with Gasteiger partial charge in [-0.2, -0.15) is 0 Å². The molecule has 5 heteroatoms. The van der Waals surface area contributed by atoms with E-state index in [0.29, 0.717) is 17.9 Å². The lowest BCUT2D eigenvalue weighted by molar-refractivity contribution is 0.581. The summed E-state index contributed by atoms with van der Waals surface area (Å²) in [5, 5.41) is 1.12. The Hall–Kier alpha value is -2.55. The summed E-state index contributed by atoms with van der Waals surface area (Å²) < 4.78 is 29.7. The second-order valence-corrected chi connectivity index (χ2v) is 9.37. The molecule has 0 unspecified atom stereocenters. The van der Waals surface area contributed by atoms with Crippen molar-refractivity contribution in [3.63, 3.8) is 0 Å². The predicted molar refractivity (Wildman–Crippen MR) is 124 cm³/mol. The third-order valence-corrected chi connectivity index (χ3v) is 6.64. The van der Waals surface area contributed by atoms with Crippen LogP contribution >= 0.6 is 0 Å². The van der Waals surface area contributed by atoms with Crippen LogP contribution in [-0.4, -0.2) is 19.5 Å². The highest BCUT2D eigenvalue weighted by atomic mass is 32.2. The lowest BCUT2D eigenvalue weighted by Crippen LogP contribution is -2.25. The number of hydrogen-bond acceptors (Lipinski definition) is 2. The van der Waals surface area contributed by atoms with Crippen LogP contribution in [0.2, 0.25) is 0 Å². The number of unbranched alkanes of at least 4 members (excludes halogenated alkanes) is 4. The average molecular weight is 423 g/mol. The molecule has 158 valence electrons. The molecule has 3 rings (SSSR count). The van der Waals surface area contributed by atoms with Crippen LogP contribution in [0.1, 0.15) is 50.2 Å². The van der Waals surface area contributed by atoms with Crippen LogP contribution in [0, 0.1) is 18.9 Å². The quantitative estimate of drug-likeness (QED) is 0.378. The Morgan fingerprint density at radius 2 is 1.77 bits per heavy atom. The Morgan fingerprint density at radius 3 is 2.53 bits per heavy atom. The molecular formula is C25H30N2O2S. The minimum Gasteiger partial charge on any atom is -0.276 e. The van der Waals surface area contributed by atoms with E-state index in [4.69, 9.17) is 0 Å². The highest BCUT2D eigenvalue weighted by molar-refractivity contribution is 7.89. The van der Waals surface area contributed by atoms with Crippen molar-refractivity contribution in [2.24, 2.45) is 0 Å². The Kier molecular flexibility index (Phi) is 7.73. The maximum atomic E-state index is 12.5. The van der Waals surface area contributed by atoms with E-state index >= 15 is 0 Å². The molecule has 0 saturated heterocycles. The number of para-hydroxylation sites is 1. The van der Waals surface area contributed by atoms with Crippen molar-refractivity contribution in [3.05, 3.63) is 65.9 Å². The highest BCUT2D eigenvalue weighted by Crippen LogP contribution is 2.21. The van der Waals surface area contributed by atoms with Gasteiger partial charge in [-0.3, -0.25) is 4.57 Å². The number of benzene rings is 2. The van der Waals surface area contributed by atoms with E-state index in [0.717, 1.165) is 34.9 Å². The smallest absolute Gasteiger partial charge is 0.240 e. The van der Waals surface area contributed by atoms with E-state index in [-0.39, 0.29) is 0 Å². The fourth-order valence-corrected chi connectivity index (χ4v) is 4.48. The fraction of sp³-hybridized carbons (Fsp3) is 0.360. The zero-order chi connectivity index (χ0) is 21.4. The summed E-state index contributed by atoms with van der Waals surface area (Å²) in [4.78, 5) is 0.296. The van der Waals surface area contributed by atoms with Crippen molar-refractivity contribution in [2.45, 2.75) is 57.3 Å². The van der Waals surface area contributed by atoms with Gasteiger partial charge in [-0.05, 0) is 43.5 Å². The van der Waals surface area contributed by atoms with E-state index in [1.54, 1.807) is 12.1 Å². The third kappa shape index (κ3) is 5.75. The van der Waals surface area contributed by atoms with Gasteiger partial charge >= 0.3 is 0 Å². The minimum atomic E-state index is -3.50. The monoisotopic (exact) mass is 422 g/mol. The van der Waals surface area contributed by atoms with Crippen LogP contribution in [0.4, 0.5) is 0 Å². The molecule has 0 spiro atoms. The standard InChI is InChI=1S/C25H30N2O2S/c1-3-4-5-6-7-10-19-27-20-22(24-11-8-9-12-25(24)27)17-18-26-30(28,29)23-15-13-21(2)14-16-23/h8-9,11-16,20,26H,3-7,17-18H2,1-2H3. The van der Waals surface area contributed by atoms with Crippen LogP contribution in [0.25, 0.3) is 10.9 Å². The van der Waals surface area contributed by atoms with Gasteiger partial charge in [0.05, 0.1) is 10.4 Å². The maximum absolute atomic E-state index is 12.5. The highest BCUT2D eigenvalue weighted by Gasteiger charge is 2.14. The number of hydrogen-bond donors (Lipinski definition) is 1. The number of aromatic nitrogens is 1. The molecule has 30 heavy (non-hydrogen) atoms. The molecule has 0 atom stereocenters. The van der Waals surface area contributed by atoms with E-state index < -0.39 is 10.0 Å². The summed E-state index contributed by atoms with van der Waals surface area (Å²) in [6, 6.07) is 18.3. The predicted octanol–water partition coefficient (Wildman–Crippen LogP) is 5.25. The third-order valence-electron chi connectivity index (χ3n) is 5.17. The van der Waals surface area contributed by atoms with Gasteiger partial charge in [-0.25, -0.2) is 13.1 Å². The number of nitrogens with one attached hydrogen (secondary N) is 1. The van der Waals surface area contributed by atoms with Gasteiger partial charge in [0.1, 0.15) is 0 Å². The second kappa shape index (κ2) is 10.5. The lowest BCUT2D eigenvalue weighted by atomic mass is 10.1. The Balaban J connectivity index is 1.68. The molecule has 0 fully saturated rings. The molecule has 0 aliphatic rings. The Labute approximate surface area is 180 Å². The first-order valence-corrected chi connectivity index (χ1v) is 12.1. The van der Waals surface area contributed by atoms with Gasteiger partial charge < -0.3 is 0 Å². The molecule has 0 bridgehead atoms. The normalized spacial score (nSPS) is 11.4. The topological polar surface area (TPSA) is 51.1 Å². The Morgan fingerprint density at radius 1 is 1.00 bits per heavy atom. The molecule has 1 N–H and O–H groups in total. The van der Waals surface area contributed by atoms with Crippen molar-refractivity contribution in [1.29, 1.82) is 0 Å². The number of nitrogens with zero attached hydrogens (tertiary/aromatic N) is 1. The number of rotatable bonds is 9. The summed E-state index contributed by atoms with van der Waals surface area (Å²) in [5.41, 5.74) is 3.20. The summed E-state index contributed by atoms with van der Waals surface area (Å²) in [6.45, 7) is 4.49. The van der Waals surface area contributed by atoms with Crippen LogP contribution in [0.15, 0.2) is 59.6 Å². The molecule has 1 aromatic heterocycles. The maximum Gasteiger partial charge on any atom is 0.240 e. The summed E-state index contributed by atoms with van der Waals surface area (Å²) in [6.07, 6.45) is 8.39. The van der Waals surface area contributed by atoms with Gasteiger partial charge in [0.25, 0.3) is 0 Å². The summed E-state index contributed by atoms with van der Waals surface area (Å²) >= 11 is 0. The number of fused-ring (bicyclic) bond motifs is 1. The first-order valence-electron chi connectivity index (χ1n) is 10.7. The molecule has 0 saturated carbocycles. The van der Waals surface area contributed by atoms with E-state index in [2.05, 4.69) is 35.7 Å². The van der Waals surface area contributed by atoms with Crippen molar-refractivity contribution in [1.82, 2.24) is 9.29 Å². The largest absolute Gasteiger partial charge is 0.276 e. The van der Waals surface area contributed by atoms with Crippen LogP contribution in [0.3, 0.4) is 0 Å². The van der Waals surface area contributed by atoms with Crippen LogP contribution in [-0.2, 0) is 16.4 Å². The van der Waals surface area contributed by atoms with Gasteiger partial charge in [-0.1, -0.05) is 68.0 Å².